The number of rotatable bonds is 7. The van der Waals surface area contributed by atoms with Gasteiger partial charge in [0.2, 0.25) is 0 Å². The molecule has 200 valence electrons. The van der Waals surface area contributed by atoms with Crippen LogP contribution in [0.5, 0.6) is 0 Å². The zero-order chi connectivity index (χ0) is 28.5. The van der Waals surface area contributed by atoms with E-state index in [2.05, 4.69) is 157 Å². The van der Waals surface area contributed by atoms with Crippen LogP contribution in [0.3, 0.4) is 0 Å². The van der Waals surface area contributed by atoms with Crippen LogP contribution in [0, 0.1) is 0 Å². The molecule has 0 radical (unpaired) electrons. The first-order valence-corrected chi connectivity index (χ1v) is 14.4. The average Bonchev–Trinajstić information content (AvgIpc) is 3.37. The van der Waals surface area contributed by atoms with Crippen molar-refractivity contribution in [2.24, 2.45) is 0 Å². The summed E-state index contributed by atoms with van der Waals surface area (Å²) in [6.45, 7) is 8.91. The smallest absolute Gasteiger partial charge is 0.0494 e. The molecule has 0 fully saturated rings. The third kappa shape index (κ3) is 4.66. The fourth-order valence-electron chi connectivity index (χ4n) is 6.07. The summed E-state index contributed by atoms with van der Waals surface area (Å²) in [7, 11) is 0. The molecule has 1 nitrogen and oxygen atoms in total. The molecule has 0 aliphatic heterocycles. The SMILES string of the molecule is C=Cc1cccc(-c2cc(-c3ccc4c(c3)c3ccccc3n4Cc3ccccc3)cc(-c3ccccc3C=C)c2)c1. The lowest BCUT2D eigenvalue weighted by atomic mass is 9.91. The van der Waals surface area contributed by atoms with Gasteiger partial charge in [-0.3, -0.25) is 0 Å². The van der Waals surface area contributed by atoms with Crippen molar-refractivity contribution in [3.05, 3.63) is 169 Å². The maximum Gasteiger partial charge on any atom is 0.0494 e. The second kappa shape index (κ2) is 10.9. The van der Waals surface area contributed by atoms with Crippen LogP contribution in [0.25, 0.3) is 67.3 Å². The van der Waals surface area contributed by atoms with E-state index in [-0.39, 0.29) is 0 Å². The Bertz CT molecular complexity index is 2090. The highest BCUT2D eigenvalue weighted by molar-refractivity contribution is 6.09. The van der Waals surface area contributed by atoms with Crippen molar-refractivity contribution in [3.8, 4) is 33.4 Å². The Hall–Kier alpha value is -5.40. The Morgan fingerprint density at radius 2 is 1.17 bits per heavy atom. The van der Waals surface area contributed by atoms with Crippen LogP contribution in [-0.4, -0.2) is 4.57 Å². The van der Waals surface area contributed by atoms with Crippen LogP contribution in [0.2, 0.25) is 0 Å². The van der Waals surface area contributed by atoms with Crippen LogP contribution in [-0.2, 0) is 6.54 Å². The molecule has 0 saturated heterocycles. The summed E-state index contributed by atoms with van der Waals surface area (Å²) in [6.07, 6.45) is 3.84. The van der Waals surface area contributed by atoms with Crippen molar-refractivity contribution in [1.82, 2.24) is 4.57 Å². The molecule has 0 atom stereocenters. The zero-order valence-corrected chi connectivity index (χ0v) is 23.5. The molecule has 0 spiro atoms. The van der Waals surface area contributed by atoms with E-state index in [1.165, 1.54) is 60.8 Å². The van der Waals surface area contributed by atoms with E-state index in [1.54, 1.807) is 0 Å². The van der Waals surface area contributed by atoms with Gasteiger partial charge in [-0.05, 0) is 92.5 Å². The first-order valence-electron chi connectivity index (χ1n) is 14.4. The van der Waals surface area contributed by atoms with E-state index in [1.807, 2.05) is 12.2 Å². The number of hydrogen-bond acceptors (Lipinski definition) is 0. The van der Waals surface area contributed by atoms with Gasteiger partial charge < -0.3 is 4.57 Å². The second-order valence-electron chi connectivity index (χ2n) is 10.7. The minimum absolute atomic E-state index is 0.835. The molecule has 0 saturated carbocycles. The van der Waals surface area contributed by atoms with Crippen molar-refractivity contribution in [3.63, 3.8) is 0 Å². The third-order valence-corrected chi connectivity index (χ3v) is 8.17. The summed E-state index contributed by atoms with van der Waals surface area (Å²) in [5.74, 6) is 0. The quantitative estimate of drug-likeness (QED) is 0.191. The first-order chi connectivity index (χ1) is 20.7. The highest BCUT2D eigenvalue weighted by atomic mass is 15.0. The molecule has 0 bridgehead atoms. The van der Waals surface area contributed by atoms with E-state index in [9.17, 15) is 0 Å². The molecule has 1 heteroatoms. The summed E-state index contributed by atoms with van der Waals surface area (Å²) >= 11 is 0. The minimum Gasteiger partial charge on any atom is -0.336 e. The normalized spacial score (nSPS) is 11.1. The number of benzene rings is 6. The Balaban J connectivity index is 1.43. The molecule has 0 amide bonds. The van der Waals surface area contributed by atoms with E-state index in [4.69, 9.17) is 0 Å². The van der Waals surface area contributed by atoms with Gasteiger partial charge in [-0.15, -0.1) is 0 Å². The highest BCUT2D eigenvalue weighted by Gasteiger charge is 2.14. The molecular formula is C41H31N. The van der Waals surface area contributed by atoms with Gasteiger partial charge in [0, 0.05) is 28.4 Å². The van der Waals surface area contributed by atoms with Gasteiger partial charge in [-0.25, -0.2) is 0 Å². The van der Waals surface area contributed by atoms with Gasteiger partial charge >= 0.3 is 0 Å². The molecule has 0 N–H and O–H groups in total. The van der Waals surface area contributed by atoms with E-state index in [0.29, 0.717) is 0 Å². The summed E-state index contributed by atoms with van der Waals surface area (Å²) in [6, 6.07) is 50.3. The van der Waals surface area contributed by atoms with Crippen LogP contribution in [0.1, 0.15) is 16.7 Å². The van der Waals surface area contributed by atoms with Crippen molar-refractivity contribution in [1.29, 1.82) is 0 Å². The van der Waals surface area contributed by atoms with E-state index in [0.717, 1.165) is 17.7 Å². The standard InChI is InChI=1S/C41H31N/c1-3-29-15-12-17-32(23-29)34-24-35(26-36(25-34)37-18-9-8-16-31(37)4-2)33-21-22-41-39(27-33)38-19-10-11-20-40(38)42(41)28-30-13-6-5-7-14-30/h3-27H,1-2,28H2. The summed E-state index contributed by atoms with van der Waals surface area (Å²) < 4.78 is 2.44. The van der Waals surface area contributed by atoms with Crippen LogP contribution >= 0.6 is 0 Å². The number of nitrogens with zero attached hydrogens (tertiary/aromatic N) is 1. The number of para-hydroxylation sites is 1. The van der Waals surface area contributed by atoms with E-state index >= 15 is 0 Å². The predicted octanol–water partition coefficient (Wildman–Crippen LogP) is 11.1. The largest absolute Gasteiger partial charge is 0.336 e. The molecule has 42 heavy (non-hydrogen) atoms. The number of fused-ring (bicyclic) bond motifs is 3. The van der Waals surface area contributed by atoms with Crippen LogP contribution in [0.15, 0.2) is 153 Å². The fourth-order valence-corrected chi connectivity index (χ4v) is 6.07. The maximum absolute atomic E-state index is 4.08. The Kier molecular flexibility index (Phi) is 6.62. The lowest BCUT2D eigenvalue weighted by Crippen LogP contribution is -1.98. The summed E-state index contributed by atoms with van der Waals surface area (Å²) in [4.78, 5) is 0. The second-order valence-corrected chi connectivity index (χ2v) is 10.7. The van der Waals surface area contributed by atoms with Crippen molar-refractivity contribution in [2.75, 3.05) is 0 Å². The molecule has 7 rings (SSSR count). The number of hydrogen-bond donors (Lipinski definition) is 0. The molecule has 1 heterocycles. The van der Waals surface area contributed by atoms with Gasteiger partial charge in [0.05, 0.1) is 0 Å². The van der Waals surface area contributed by atoms with Crippen LogP contribution < -0.4 is 0 Å². The molecule has 0 aliphatic carbocycles. The number of aromatic nitrogens is 1. The van der Waals surface area contributed by atoms with Crippen LogP contribution in [0.4, 0.5) is 0 Å². The molecule has 6 aromatic carbocycles. The monoisotopic (exact) mass is 537 g/mol. The lowest BCUT2D eigenvalue weighted by molar-refractivity contribution is 0.869. The minimum atomic E-state index is 0.835. The highest BCUT2D eigenvalue weighted by Crippen LogP contribution is 2.38. The molecular weight excluding hydrogens is 506 g/mol. The molecule has 0 unspecified atom stereocenters. The molecule has 1 aromatic heterocycles. The van der Waals surface area contributed by atoms with Gasteiger partial charge in [0.1, 0.15) is 0 Å². The van der Waals surface area contributed by atoms with Gasteiger partial charge in [-0.2, -0.15) is 0 Å². The zero-order valence-electron chi connectivity index (χ0n) is 23.5. The average molecular weight is 538 g/mol. The van der Waals surface area contributed by atoms with Gasteiger partial charge in [0.15, 0.2) is 0 Å². The lowest BCUT2D eigenvalue weighted by Gasteiger charge is -2.14. The third-order valence-electron chi connectivity index (χ3n) is 8.17. The Labute approximate surface area is 247 Å². The van der Waals surface area contributed by atoms with Gasteiger partial charge in [0.25, 0.3) is 0 Å². The fraction of sp³-hybridized carbons (Fsp3) is 0.0244. The molecule has 0 aliphatic rings. The summed E-state index contributed by atoms with van der Waals surface area (Å²) in [5, 5.41) is 2.54. The molecule has 7 aromatic rings. The van der Waals surface area contributed by atoms with Crippen molar-refractivity contribution in [2.45, 2.75) is 6.54 Å². The predicted molar refractivity (Wildman–Crippen MR) is 181 cm³/mol. The van der Waals surface area contributed by atoms with E-state index < -0.39 is 0 Å². The van der Waals surface area contributed by atoms with Gasteiger partial charge in [-0.1, -0.05) is 122 Å². The Morgan fingerprint density at radius 3 is 1.98 bits per heavy atom. The Morgan fingerprint density at radius 1 is 0.476 bits per heavy atom. The first kappa shape index (κ1) is 25.6. The van der Waals surface area contributed by atoms with Crippen molar-refractivity contribution >= 4 is 34.0 Å². The van der Waals surface area contributed by atoms with Crippen molar-refractivity contribution < 1.29 is 0 Å². The summed E-state index contributed by atoms with van der Waals surface area (Å²) in [5.41, 5.74) is 13.1. The maximum atomic E-state index is 4.08. The topological polar surface area (TPSA) is 4.93 Å².